The maximum absolute atomic E-state index is 13.3. The maximum Gasteiger partial charge on any atom is 0.226 e. The molecular formula is C20H18ClN3O2S. The van der Waals surface area contributed by atoms with Crippen LogP contribution in [0.3, 0.4) is 0 Å². The zero-order chi connectivity index (χ0) is 19.3. The molecule has 5 nitrogen and oxygen atoms in total. The smallest absolute Gasteiger partial charge is 0.226 e. The van der Waals surface area contributed by atoms with E-state index in [1.165, 1.54) is 0 Å². The molecule has 1 aliphatic rings. The van der Waals surface area contributed by atoms with Crippen LogP contribution in [-0.2, 0) is 4.79 Å². The van der Waals surface area contributed by atoms with Crippen molar-refractivity contribution in [2.45, 2.75) is 33.1 Å². The Labute approximate surface area is 166 Å². The first-order valence-electron chi connectivity index (χ1n) is 8.61. The van der Waals surface area contributed by atoms with E-state index < -0.39 is 5.92 Å². The Morgan fingerprint density at radius 2 is 1.96 bits per heavy atom. The van der Waals surface area contributed by atoms with Crippen LogP contribution in [0.1, 0.15) is 43.7 Å². The summed E-state index contributed by atoms with van der Waals surface area (Å²) in [5.41, 5.74) is 3.00. The average molecular weight is 400 g/mol. The molecule has 3 heterocycles. The highest BCUT2D eigenvalue weighted by Gasteiger charge is 2.37. The first-order chi connectivity index (χ1) is 12.8. The van der Waals surface area contributed by atoms with E-state index in [9.17, 15) is 9.59 Å². The molecule has 0 aliphatic carbocycles. The Kier molecular flexibility index (Phi) is 4.40. The second-order valence-corrected chi connectivity index (χ2v) is 8.63. The van der Waals surface area contributed by atoms with Gasteiger partial charge in [0, 0.05) is 32.3 Å². The summed E-state index contributed by atoms with van der Waals surface area (Å²) < 4.78 is 1.67. The number of anilines is 1. The lowest BCUT2D eigenvalue weighted by atomic mass is 9.85. The molecule has 0 saturated heterocycles. The number of aromatic nitrogens is 2. The van der Waals surface area contributed by atoms with E-state index in [0.717, 1.165) is 26.7 Å². The number of nitrogens with zero attached hydrogens (tertiary/aromatic N) is 2. The number of carbonyl (C=O) groups excluding carboxylic acids is 2. The van der Waals surface area contributed by atoms with Crippen molar-refractivity contribution in [2.75, 3.05) is 5.32 Å². The van der Waals surface area contributed by atoms with Crippen LogP contribution in [0, 0.1) is 20.8 Å². The molecule has 1 aromatic carbocycles. The van der Waals surface area contributed by atoms with Crippen LogP contribution in [0.25, 0.3) is 5.69 Å². The standard InChI is InChI=1S/C20H18ClN3O2S/c1-10-8-15(12(3)27-10)19(26)16-9-17(25)22-20-18(16)11(2)23-24(20)14-6-4-13(21)5-7-14/h4-8,16H,9H2,1-3H3,(H,22,25). The first-order valence-corrected chi connectivity index (χ1v) is 9.81. The summed E-state index contributed by atoms with van der Waals surface area (Å²) in [6.07, 6.45) is 0.132. The van der Waals surface area contributed by atoms with Gasteiger partial charge >= 0.3 is 0 Å². The summed E-state index contributed by atoms with van der Waals surface area (Å²) in [5.74, 6) is -0.163. The summed E-state index contributed by atoms with van der Waals surface area (Å²) in [5, 5.41) is 8.11. The lowest BCUT2D eigenvalue weighted by Gasteiger charge is -2.23. The summed E-state index contributed by atoms with van der Waals surface area (Å²) in [4.78, 5) is 27.7. The third-order valence-corrected chi connectivity index (χ3v) is 6.01. The van der Waals surface area contributed by atoms with Gasteiger partial charge in [0.1, 0.15) is 5.82 Å². The normalized spacial score (nSPS) is 16.1. The van der Waals surface area contributed by atoms with Gasteiger partial charge in [-0.1, -0.05) is 11.6 Å². The number of aryl methyl sites for hydroxylation is 3. The van der Waals surface area contributed by atoms with Gasteiger partial charge in [0.2, 0.25) is 5.91 Å². The largest absolute Gasteiger partial charge is 0.310 e. The minimum absolute atomic E-state index is 0.0216. The Hall–Kier alpha value is -2.44. The van der Waals surface area contributed by atoms with Crippen molar-refractivity contribution >= 4 is 40.4 Å². The van der Waals surface area contributed by atoms with Gasteiger partial charge in [0.25, 0.3) is 0 Å². The van der Waals surface area contributed by atoms with Gasteiger partial charge in [0.05, 0.1) is 17.3 Å². The molecule has 1 amide bonds. The number of benzene rings is 1. The molecule has 3 aromatic rings. The number of amides is 1. The molecule has 0 radical (unpaired) electrons. The van der Waals surface area contributed by atoms with Gasteiger partial charge in [-0.25, -0.2) is 4.68 Å². The number of fused-ring (bicyclic) bond motifs is 1. The van der Waals surface area contributed by atoms with Crippen molar-refractivity contribution in [3.8, 4) is 5.69 Å². The molecule has 27 heavy (non-hydrogen) atoms. The molecule has 2 aromatic heterocycles. The van der Waals surface area contributed by atoms with Gasteiger partial charge < -0.3 is 5.32 Å². The molecule has 0 spiro atoms. The van der Waals surface area contributed by atoms with E-state index in [0.29, 0.717) is 16.4 Å². The molecular weight excluding hydrogens is 382 g/mol. The van der Waals surface area contributed by atoms with Crippen LogP contribution >= 0.6 is 22.9 Å². The van der Waals surface area contributed by atoms with E-state index in [1.54, 1.807) is 28.2 Å². The summed E-state index contributed by atoms with van der Waals surface area (Å²) >= 11 is 7.57. The van der Waals surface area contributed by atoms with Crippen molar-refractivity contribution in [3.05, 3.63) is 61.9 Å². The third kappa shape index (κ3) is 3.09. The van der Waals surface area contributed by atoms with Gasteiger partial charge in [-0.2, -0.15) is 5.10 Å². The predicted molar refractivity (Wildman–Crippen MR) is 107 cm³/mol. The van der Waals surface area contributed by atoms with Crippen molar-refractivity contribution < 1.29 is 9.59 Å². The molecule has 7 heteroatoms. The van der Waals surface area contributed by atoms with Crippen LogP contribution in [-0.4, -0.2) is 21.5 Å². The van der Waals surface area contributed by atoms with E-state index >= 15 is 0 Å². The van der Waals surface area contributed by atoms with Gasteiger partial charge in [0.15, 0.2) is 5.78 Å². The number of hydrogen-bond donors (Lipinski definition) is 1. The SMILES string of the molecule is Cc1cc(C(=O)C2CC(=O)Nc3c2c(C)nn3-c2ccc(Cl)cc2)c(C)s1. The number of nitrogens with one attached hydrogen (secondary N) is 1. The van der Waals surface area contributed by atoms with Gasteiger partial charge in [-0.3, -0.25) is 9.59 Å². The molecule has 0 fully saturated rings. The van der Waals surface area contributed by atoms with E-state index in [-0.39, 0.29) is 18.1 Å². The van der Waals surface area contributed by atoms with Crippen LogP contribution in [0.15, 0.2) is 30.3 Å². The Bertz CT molecular complexity index is 1070. The number of carbonyl (C=O) groups is 2. The Morgan fingerprint density at radius 1 is 1.26 bits per heavy atom. The molecule has 0 saturated carbocycles. The van der Waals surface area contributed by atoms with Crippen molar-refractivity contribution in [1.29, 1.82) is 0 Å². The van der Waals surface area contributed by atoms with Crippen LogP contribution in [0.2, 0.25) is 5.02 Å². The topological polar surface area (TPSA) is 64.0 Å². The number of halogens is 1. The number of ketones is 1. The monoisotopic (exact) mass is 399 g/mol. The van der Waals surface area contributed by atoms with Gasteiger partial charge in [-0.15, -0.1) is 11.3 Å². The third-order valence-electron chi connectivity index (χ3n) is 4.80. The Balaban J connectivity index is 1.83. The zero-order valence-electron chi connectivity index (χ0n) is 15.2. The summed E-state index contributed by atoms with van der Waals surface area (Å²) in [7, 11) is 0. The lowest BCUT2D eigenvalue weighted by molar-refractivity contribution is -0.116. The van der Waals surface area contributed by atoms with Crippen molar-refractivity contribution in [3.63, 3.8) is 0 Å². The number of hydrogen-bond acceptors (Lipinski definition) is 4. The van der Waals surface area contributed by atoms with Crippen molar-refractivity contribution in [2.24, 2.45) is 0 Å². The highest BCUT2D eigenvalue weighted by atomic mass is 35.5. The van der Waals surface area contributed by atoms with E-state index in [4.69, 9.17) is 11.6 Å². The van der Waals surface area contributed by atoms with E-state index in [1.807, 2.05) is 39.0 Å². The lowest BCUT2D eigenvalue weighted by Crippen LogP contribution is -2.28. The second kappa shape index (κ2) is 6.62. The maximum atomic E-state index is 13.3. The minimum Gasteiger partial charge on any atom is -0.310 e. The highest BCUT2D eigenvalue weighted by Crippen LogP contribution is 2.39. The molecule has 138 valence electrons. The average Bonchev–Trinajstić information content (AvgIpc) is 3.13. The first kappa shape index (κ1) is 17.9. The number of thiophene rings is 1. The summed E-state index contributed by atoms with van der Waals surface area (Å²) in [6, 6.07) is 9.11. The highest BCUT2D eigenvalue weighted by molar-refractivity contribution is 7.12. The predicted octanol–water partition coefficient (Wildman–Crippen LogP) is 4.82. The number of Topliss-reactive ketones (excluding diaryl/α,β-unsaturated/α-hetero) is 1. The quantitative estimate of drug-likeness (QED) is 0.642. The molecule has 0 bridgehead atoms. The fraction of sp³-hybridized carbons (Fsp3) is 0.250. The molecule has 1 aliphatic heterocycles. The minimum atomic E-state index is -0.525. The molecule has 4 rings (SSSR count). The fourth-order valence-corrected chi connectivity index (χ4v) is 4.66. The second-order valence-electron chi connectivity index (χ2n) is 6.73. The van der Waals surface area contributed by atoms with Gasteiger partial charge in [-0.05, 0) is 51.1 Å². The summed E-state index contributed by atoms with van der Waals surface area (Å²) in [6.45, 7) is 5.80. The van der Waals surface area contributed by atoms with Crippen LogP contribution < -0.4 is 5.32 Å². The van der Waals surface area contributed by atoms with Crippen LogP contribution in [0.4, 0.5) is 5.82 Å². The van der Waals surface area contributed by atoms with Crippen molar-refractivity contribution in [1.82, 2.24) is 9.78 Å². The van der Waals surface area contributed by atoms with E-state index in [2.05, 4.69) is 10.4 Å². The molecule has 1 N–H and O–H groups in total. The Morgan fingerprint density at radius 3 is 2.59 bits per heavy atom. The zero-order valence-corrected chi connectivity index (χ0v) is 16.7. The van der Waals surface area contributed by atoms with Crippen LogP contribution in [0.5, 0.6) is 0 Å². The number of rotatable bonds is 3. The fourth-order valence-electron chi connectivity index (χ4n) is 3.60. The molecule has 1 atom stereocenters. The molecule has 1 unspecified atom stereocenters.